The van der Waals surface area contributed by atoms with E-state index in [1.54, 1.807) is 7.11 Å². The minimum atomic E-state index is -0.343. The fourth-order valence-electron chi connectivity index (χ4n) is 4.04. The lowest BCUT2D eigenvalue weighted by Crippen LogP contribution is -2.41. The molecule has 3 aromatic carbocycles. The van der Waals surface area contributed by atoms with E-state index in [4.69, 9.17) is 14.0 Å². The smallest absolute Gasteiger partial charge is 0.494 e. The molecule has 1 aliphatic heterocycles. The van der Waals surface area contributed by atoms with E-state index in [1.165, 1.54) is 27.5 Å². The Morgan fingerprint density at radius 3 is 1.90 bits per heavy atom. The summed E-state index contributed by atoms with van der Waals surface area (Å²) in [6.07, 6.45) is 0. The van der Waals surface area contributed by atoms with Crippen molar-refractivity contribution in [3.63, 3.8) is 0 Å². The lowest BCUT2D eigenvalue weighted by molar-refractivity contribution is 0.00578. The van der Waals surface area contributed by atoms with Crippen LogP contribution in [0.15, 0.2) is 54.6 Å². The Bertz CT molecular complexity index is 1110. The molecule has 0 radical (unpaired) electrons. The van der Waals surface area contributed by atoms with Crippen LogP contribution in [0.3, 0.4) is 0 Å². The summed E-state index contributed by atoms with van der Waals surface area (Å²) in [5, 5.41) is 2.38. The summed E-state index contributed by atoms with van der Waals surface area (Å²) in [4.78, 5) is 0. The first kappa shape index (κ1) is 21.9. The fourth-order valence-corrected chi connectivity index (χ4v) is 4.04. The molecular formula is C27H33BO3. The molecule has 3 aromatic rings. The van der Waals surface area contributed by atoms with Gasteiger partial charge < -0.3 is 14.0 Å². The molecule has 4 heteroatoms. The summed E-state index contributed by atoms with van der Waals surface area (Å²) in [5.41, 5.74) is 4.00. The molecule has 0 aliphatic carbocycles. The fraction of sp³-hybridized carbons (Fsp3) is 0.407. The van der Waals surface area contributed by atoms with Crippen LogP contribution >= 0.6 is 0 Å². The van der Waals surface area contributed by atoms with Crippen molar-refractivity contribution >= 4 is 23.4 Å². The second kappa shape index (κ2) is 7.39. The van der Waals surface area contributed by atoms with Gasteiger partial charge in [0.15, 0.2) is 0 Å². The van der Waals surface area contributed by atoms with Gasteiger partial charge in [-0.15, -0.1) is 0 Å². The van der Waals surface area contributed by atoms with E-state index in [9.17, 15) is 0 Å². The molecule has 0 amide bonds. The molecule has 3 nitrogen and oxygen atoms in total. The lowest BCUT2D eigenvalue weighted by atomic mass is 9.78. The number of rotatable bonds is 3. The van der Waals surface area contributed by atoms with Crippen molar-refractivity contribution in [3.05, 3.63) is 60.2 Å². The number of ether oxygens (including phenoxy) is 1. The van der Waals surface area contributed by atoms with E-state index >= 15 is 0 Å². The number of fused-ring (bicyclic) bond motifs is 1. The maximum atomic E-state index is 6.22. The summed E-state index contributed by atoms with van der Waals surface area (Å²) in [5.74, 6) is 0.934. The van der Waals surface area contributed by atoms with Crippen LogP contribution in [0.4, 0.5) is 0 Å². The van der Waals surface area contributed by atoms with Gasteiger partial charge in [-0.1, -0.05) is 57.2 Å². The highest BCUT2D eigenvalue weighted by molar-refractivity contribution is 6.62. The zero-order chi connectivity index (χ0) is 22.6. The first-order valence-corrected chi connectivity index (χ1v) is 11.0. The quantitative estimate of drug-likeness (QED) is 0.482. The zero-order valence-corrected chi connectivity index (χ0v) is 20.0. The molecule has 0 N–H and O–H groups in total. The Hall–Kier alpha value is -2.30. The Labute approximate surface area is 186 Å². The van der Waals surface area contributed by atoms with Gasteiger partial charge >= 0.3 is 7.12 Å². The van der Waals surface area contributed by atoms with Gasteiger partial charge in [0, 0.05) is 5.56 Å². The Kier molecular flexibility index (Phi) is 5.23. The van der Waals surface area contributed by atoms with Crippen molar-refractivity contribution in [3.8, 4) is 16.9 Å². The molecule has 0 atom stereocenters. The molecule has 0 spiro atoms. The number of methoxy groups -OCH3 is 1. The minimum Gasteiger partial charge on any atom is -0.496 e. The molecule has 4 rings (SSSR count). The highest BCUT2D eigenvalue weighted by Crippen LogP contribution is 2.37. The van der Waals surface area contributed by atoms with Crippen LogP contribution in [0.1, 0.15) is 54.0 Å². The van der Waals surface area contributed by atoms with E-state index in [2.05, 4.69) is 103 Å². The van der Waals surface area contributed by atoms with Crippen molar-refractivity contribution in [2.45, 2.75) is 65.1 Å². The SMILES string of the molecule is COc1ccc(-c2ccc3cc(B4OC(C)(C)C(C)(C)O4)ccc3c2)cc1C(C)(C)C. The van der Waals surface area contributed by atoms with Crippen LogP contribution in [0.2, 0.25) is 0 Å². The monoisotopic (exact) mass is 416 g/mol. The van der Waals surface area contributed by atoms with Crippen molar-refractivity contribution in [1.82, 2.24) is 0 Å². The highest BCUT2D eigenvalue weighted by atomic mass is 16.7. The van der Waals surface area contributed by atoms with Gasteiger partial charge in [-0.3, -0.25) is 0 Å². The van der Waals surface area contributed by atoms with Crippen molar-refractivity contribution < 1.29 is 14.0 Å². The van der Waals surface area contributed by atoms with E-state index in [0.29, 0.717) is 0 Å². The van der Waals surface area contributed by atoms with Crippen LogP contribution < -0.4 is 10.2 Å². The van der Waals surface area contributed by atoms with E-state index in [-0.39, 0.29) is 23.7 Å². The first-order valence-electron chi connectivity index (χ1n) is 11.0. The lowest BCUT2D eigenvalue weighted by Gasteiger charge is -2.32. The zero-order valence-electron chi connectivity index (χ0n) is 20.0. The van der Waals surface area contributed by atoms with Gasteiger partial charge in [-0.25, -0.2) is 0 Å². The summed E-state index contributed by atoms with van der Waals surface area (Å²) in [7, 11) is 1.39. The molecule has 162 valence electrons. The van der Waals surface area contributed by atoms with Gasteiger partial charge in [-0.05, 0) is 78.7 Å². The molecule has 1 heterocycles. The topological polar surface area (TPSA) is 27.7 Å². The van der Waals surface area contributed by atoms with Crippen LogP contribution in [0, 0.1) is 0 Å². The van der Waals surface area contributed by atoms with Crippen molar-refractivity contribution in [1.29, 1.82) is 0 Å². The molecule has 1 fully saturated rings. The molecule has 1 aliphatic rings. The van der Waals surface area contributed by atoms with Crippen LogP contribution in [0.25, 0.3) is 21.9 Å². The normalized spacial score (nSPS) is 17.9. The predicted octanol–water partition coefficient (Wildman–Crippen LogP) is 6.11. The van der Waals surface area contributed by atoms with Crippen LogP contribution in [-0.2, 0) is 14.7 Å². The molecule has 0 saturated carbocycles. The average molecular weight is 416 g/mol. The van der Waals surface area contributed by atoms with Gasteiger partial charge in [0.2, 0.25) is 0 Å². The van der Waals surface area contributed by atoms with E-state index in [0.717, 1.165) is 11.2 Å². The maximum Gasteiger partial charge on any atom is 0.494 e. The Morgan fingerprint density at radius 1 is 0.742 bits per heavy atom. The minimum absolute atomic E-state index is 0.00986. The van der Waals surface area contributed by atoms with Crippen LogP contribution in [0.5, 0.6) is 5.75 Å². The van der Waals surface area contributed by atoms with Crippen molar-refractivity contribution in [2.75, 3.05) is 7.11 Å². The summed E-state index contributed by atoms with van der Waals surface area (Å²) >= 11 is 0. The average Bonchev–Trinajstić information content (AvgIpc) is 2.93. The van der Waals surface area contributed by atoms with E-state index < -0.39 is 0 Å². The summed E-state index contributed by atoms with van der Waals surface area (Å²) in [6.45, 7) is 15.0. The first-order chi connectivity index (χ1) is 14.4. The van der Waals surface area contributed by atoms with E-state index in [1.807, 2.05) is 0 Å². The molecule has 0 bridgehead atoms. The third kappa shape index (κ3) is 3.99. The van der Waals surface area contributed by atoms with Gasteiger partial charge in [0.05, 0.1) is 18.3 Å². The summed E-state index contributed by atoms with van der Waals surface area (Å²) < 4.78 is 18.1. The second-order valence-electron chi connectivity index (χ2n) is 10.6. The van der Waals surface area contributed by atoms with Crippen molar-refractivity contribution in [2.24, 2.45) is 0 Å². The van der Waals surface area contributed by atoms with Gasteiger partial charge in [-0.2, -0.15) is 0 Å². The molecule has 0 aromatic heterocycles. The highest BCUT2D eigenvalue weighted by Gasteiger charge is 2.51. The standard InChI is InChI=1S/C27H33BO3/c1-25(2,3)23-17-21(12-14-24(23)29-8)18-9-10-20-16-22(13-11-19(20)15-18)28-30-26(4,5)27(6,7)31-28/h9-17H,1-8H3. The second-order valence-corrected chi connectivity index (χ2v) is 10.6. The maximum absolute atomic E-state index is 6.22. The number of benzene rings is 3. The van der Waals surface area contributed by atoms with Gasteiger partial charge in [0.1, 0.15) is 5.75 Å². The molecular weight excluding hydrogens is 383 g/mol. The predicted molar refractivity (Wildman–Crippen MR) is 130 cm³/mol. The molecule has 0 unspecified atom stereocenters. The van der Waals surface area contributed by atoms with Gasteiger partial charge in [0.25, 0.3) is 0 Å². The third-order valence-corrected chi connectivity index (χ3v) is 6.73. The molecule has 1 saturated heterocycles. The largest absolute Gasteiger partial charge is 0.496 e. The Balaban J connectivity index is 1.69. The Morgan fingerprint density at radius 2 is 1.29 bits per heavy atom. The summed E-state index contributed by atoms with van der Waals surface area (Å²) in [6, 6.07) is 19.5. The molecule has 31 heavy (non-hydrogen) atoms. The number of hydrogen-bond acceptors (Lipinski definition) is 3. The van der Waals surface area contributed by atoms with Crippen LogP contribution in [-0.4, -0.2) is 25.4 Å². The number of hydrogen-bond donors (Lipinski definition) is 0. The third-order valence-electron chi connectivity index (χ3n) is 6.73.